The van der Waals surface area contributed by atoms with Gasteiger partial charge in [-0.3, -0.25) is 9.40 Å². The molecule has 1 aliphatic heterocycles. The first-order valence-electron chi connectivity index (χ1n) is 4.29. The SMILES string of the molecule is SN1CCC(c2ccn[nH]2)CC1. The number of piperidine rings is 1. The molecule has 1 aliphatic rings. The van der Waals surface area contributed by atoms with Crippen LogP contribution in [0.15, 0.2) is 12.3 Å². The van der Waals surface area contributed by atoms with E-state index in [2.05, 4.69) is 33.4 Å². The van der Waals surface area contributed by atoms with Gasteiger partial charge in [-0.1, -0.05) is 12.8 Å². The Balaban J connectivity index is 1.99. The minimum Gasteiger partial charge on any atom is -0.282 e. The minimum atomic E-state index is 0.663. The van der Waals surface area contributed by atoms with Gasteiger partial charge in [-0.15, -0.1) is 0 Å². The average molecular weight is 183 g/mol. The third-order valence-electron chi connectivity index (χ3n) is 2.43. The number of aromatic amines is 1. The van der Waals surface area contributed by atoms with Crippen LogP contribution in [-0.4, -0.2) is 27.6 Å². The van der Waals surface area contributed by atoms with E-state index in [9.17, 15) is 0 Å². The molecule has 66 valence electrons. The highest BCUT2D eigenvalue weighted by Crippen LogP contribution is 2.26. The Morgan fingerprint density at radius 1 is 1.50 bits per heavy atom. The fraction of sp³-hybridized carbons (Fsp3) is 0.625. The van der Waals surface area contributed by atoms with Gasteiger partial charge in [-0.2, -0.15) is 5.10 Å². The van der Waals surface area contributed by atoms with Crippen molar-refractivity contribution in [2.24, 2.45) is 0 Å². The van der Waals surface area contributed by atoms with Crippen LogP contribution in [0.5, 0.6) is 0 Å². The lowest BCUT2D eigenvalue weighted by molar-refractivity contribution is 0.345. The molecule has 1 aromatic rings. The van der Waals surface area contributed by atoms with Crippen molar-refractivity contribution in [2.75, 3.05) is 13.1 Å². The normalized spacial score (nSPS) is 21.4. The lowest BCUT2D eigenvalue weighted by Gasteiger charge is -2.26. The molecule has 1 fully saturated rings. The summed E-state index contributed by atoms with van der Waals surface area (Å²) in [5, 5.41) is 6.99. The van der Waals surface area contributed by atoms with Crippen LogP contribution in [-0.2, 0) is 0 Å². The van der Waals surface area contributed by atoms with Crippen molar-refractivity contribution >= 4 is 12.8 Å². The average Bonchev–Trinajstić information content (AvgIpc) is 2.58. The van der Waals surface area contributed by atoms with Crippen LogP contribution < -0.4 is 0 Å². The molecule has 2 heterocycles. The molecule has 0 bridgehead atoms. The third kappa shape index (κ3) is 1.64. The molecule has 12 heavy (non-hydrogen) atoms. The highest BCUT2D eigenvalue weighted by atomic mass is 32.1. The second kappa shape index (κ2) is 3.49. The van der Waals surface area contributed by atoms with Crippen LogP contribution in [0.4, 0.5) is 0 Å². The van der Waals surface area contributed by atoms with E-state index in [4.69, 9.17) is 0 Å². The number of aromatic nitrogens is 2. The zero-order chi connectivity index (χ0) is 8.39. The summed E-state index contributed by atoms with van der Waals surface area (Å²) < 4.78 is 2.08. The summed E-state index contributed by atoms with van der Waals surface area (Å²) in [6.07, 6.45) is 4.19. The van der Waals surface area contributed by atoms with Gasteiger partial charge in [-0.25, -0.2) is 0 Å². The maximum absolute atomic E-state index is 4.31. The van der Waals surface area contributed by atoms with Gasteiger partial charge in [0.15, 0.2) is 0 Å². The number of hydrogen-bond donors (Lipinski definition) is 2. The van der Waals surface area contributed by atoms with E-state index in [1.165, 1.54) is 18.5 Å². The third-order valence-corrected chi connectivity index (χ3v) is 2.83. The van der Waals surface area contributed by atoms with E-state index in [1.807, 2.05) is 6.20 Å². The largest absolute Gasteiger partial charge is 0.282 e. The van der Waals surface area contributed by atoms with Gasteiger partial charge in [0.25, 0.3) is 0 Å². The van der Waals surface area contributed by atoms with Crippen LogP contribution >= 0.6 is 12.8 Å². The Kier molecular flexibility index (Phi) is 2.37. The molecule has 1 saturated heterocycles. The predicted octanol–water partition coefficient (Wildman–Crippen LogP) is 1.43. The maximum atomic E-state index is 4.31. The van der Waals surface area contributed by atoms with Gasteiger partial charge < -0.3 is 0 Å². The number of nitrogens with one attached hydrogen (secondary N) is 1. The van der Waals surface area contributed by atoms with E-state index in [1.54, 1.807) is 0 Å². The van der Waals surface area contributed by atoms with Gasteiger partial charge in [0.1, 0.15) is 0 Å². The molecule has 0 atom stereocenters. The van der Waals surface area contributed by atoms with Crippen LogP contribution in [0.1, 0.15) is 24.5 Å². The molecule has 0 spiro atoms. The molecule has 1 aromatic heterocycles. The molecule has 0 unspecified atom stereocenters. The van der Waals surface area contributed by atoms with Crippen molar-refractivity contribution in [3.63, 3.8) is 0 Å². The summed E-state index contributed by atoms with van der Waals surface area (Å²) >= 11 is 4.31. The first kappa shape index (κ1) is 8.13. The summed E-state index contributed by atoms with van der Waals surface area (Å²) in [5.41, 5.74) is 1.27. The van der Waals surface area contributed by atoms with Crippen LogP contribution in [0.3, 0.4) is 0 Å². The van der Waals surface area contributed by atoms with E-state index < -0.39 is 0 Å². The van der Waals surface area contributed by atoms with Crippen molar-refractivity contribution in [1.29, 1.82) is 0 Å². The molecule has 0 aliphatic carbocycles. The lowest BCUT2D eigenvalue weighted by atomic mass is 9.95. The Bertz CT molecular complexity index is 226. The molecular weight excluding hydrogens is 170 g/mol. The van der Waals surface area contributed by atoms with Crippen LogP contribution in [0.2, 0.25) is 0 Å². The Labute approximate surface area is 77.7 Å². The second-order valence-electron chi connectivity index (χ2n) is 3.24. The number of thiol groups is 1. The van der Waals surface area contributed by atoms with E-state index in [0.717, 1.165) is 13.1 Å². The Morgan fingerprint density at radius 3 is 2.83 bits per heavy atom. The van der Waals surface area contributed by atoms with Crippen molar-refractivity contribution in [1.82, 2.24) is 14.5 Å². The van der Waals surface area contributed by atoms with E-state index >= 15 is 0 Å². The molecule has 1 N–H and O–H groups in total. The molecule has 0 amide bonds. The predicted molar refractivity (Wildman–Crippen MR) is 51.1 cm³/mol. The molecule has 0 saturated carbocycles. The molecular formula is C8H13N3S. The van der Waals surface area contributed by atoms with E-state index in [-0.39, 0.29) is 0 Å². The molecule has 3 nitrogen and oxygen atoms in total. The van der Waals surface area contributed by atoms with Crippen molar-refractivity contribution < 1.29 is 0 Å². The molecule has 0 radical (unpaired) electrons. The zero-order valence-corrected chi connectivity index (χ0v) is 7.80. The number of hydrogen-bond acceptors (Lipinski definition) is 3. The van der Waals surface area contributed by atoms with Gasteiger partial charge in [0, 0.05) is 30.9 Å². The van der Waals surface area contributed by atoms with Crippen molar-refractivity contribution in [3.05, 3.63) is 18.0 Å². The van der Waals surface area contributed by atoms with Crippen LogP contribution in [0, 0.1) is 0 Å². The van der Waals surface area contributed by atoms with Gasteiger partial charge >= 0.3 is 0 Å². The van der Waals surface area contributed by atoms with Gasteiger partial charge in [-0.05, 0) is 18.9 Å². The summed E-state index contributed by atoms with van der Waals surface area (Å²) in [5.74, 6) is 0.663. The summed E-state index contributed by atoms with van der Waals surface area (Å²) in [4.78, 5) is 0. The van der Waals surface area contributed by atoms with Crippen molar-refractivity contribution in [2.45, 2.75) is 18.8 Å². The zero-order valence-electron chi connectivity index (χ0n) is 6.90. The molecule has 0 aromatic carbocycles. The van der Waals surface area contributed by atoms with Crippen molar-refractivity contribution in [3.8, 4) is 0 Å². The van der Waals surface area contributed by atoms with E-state index in [0.29, 0.717) is 5.92 Å². The highest BCUT2D eigenvalue weighted by Gasteiger charge is 2.19. The maximum Gasteiger partial charge on any atom is 0.0490 e. The standard InChI is InChI=1S/C8H13N3S/c12-11-5-2-7(3-6-11)8-1-4-9-10-8/h1,4,7,12H,2-3,5-6H2,(H,9,10). The first-order valence-corrected chi connectivity index (χ1v) is 4.69. The second-order valence-corrected chi connectivity index (χ2v) is 3.81. The van der Waals surface area contributed by atoms with Gasteiger partial charge in [0.2, 0.25) is 0 Å². The Morgan fingerprint density at radius 2 is 2.25 bits per heavy atom. The fourth-order valence-electron chi connectivity index (χ4n) is 1.67. The summed E-state index contributed by atoms with van der Waals surface area (Å²) in [6, 6.07) is 2.07. The van der Waals surface area contributed by atoms with Crippen LogP contribution in [0.25, 0.3) is 0 Å². The number of nitrogens with zero attached hydrogens (tertiary/aromatic N) is 2. The smallest absolute Gasteiger partial charge is 0.0490 e. The Hall–Kier alpha value is -0.480. The molecule has 4 heteroatoms. The summed E-state index contributed by atoms with van der Waals surface area (Å²) in [7, 11) is 0. The fourth-order valence-corrected chi connectivity index (χ4v) is 1.90. The quantitative estimate of drug-likeness (QED) is 0.646. The number of rotatable bonds is 1. The first-order chi connectivity index (χ1) is 5.86. The topological polar surface area (TPSA) is 31.9 Å². The number of H-pyrrole nitrogens is 1. The van der Waals surface area contributed by atoms with Gasteiger partial charge in [0.05, 0.1) is 0 Å². The minimum absolute atomic E-state index is 0.663. The highest BCUT2D eigenvalue weighted by molar-refractivity contribution is 7.77. The monoisotopic (exact) mass is 183 g/mol. The lowest BCUT2D eigenvalue weighted by Crippen LogP contribution is -2.25. The molecule has 2 rings (SSSR count). The summed E-state index contributed by atoms with van der Waals surface area (Å²) in [6.45, 7) is 2.15.